The average molecular weight is 318 g/mol. The Hall–Kier alpha value is -3.08. The van der Waals surface area contributed by atoms with Crippen molar-refractivity contribution < 1.29 is 4.74 Å². The summed E-state index contributed by atoms with van der Waals surface area (Å²) in [6, 6.07) is 14.3. The number of hydrogen-bond acceptors (Lipinski definition) is 4. The number of benzene rings is 2. The van der Waals surface area contributed by atoms with Gasteiger partial charge in [0, 0.05) is 12.6 Å². The van der Waals surface area contributed by atoms with E-state index in [0.29, 0.717) is 0 Å². The minimum atomic E-state index is 0.763. The van der Waals surface area contributed by atoms with Crippen LogP contribution in [-0.4, -0.2) is 28.5 Å². The molecule has 5 nitrogen and oxygen atoms in total. The Bertz CT molecular complexity index is 1050. The van der Waals surface area contributed by atoms with Crippen LogP contribution in [0.2, 0.25) is 0 Å². The fourth-order valence-electron chi connectivity index (χ4n) is 3.03. The van der Waals surface area contributed by atoms with E-state index in [2.05, 4.69) is 37.9 Å². The van der Waals surface area contributed by atoms with Gasteiger partial charge in [-0.25, -0.2) is 9.97 Å². The number of methoxy groups -OCH3 is 1. The number of hydrogen-bond donors (Lipinski definition) is 1. The number of anilines is 1. The van der Waals surface area contributed by atoms with E-state index >= 15 is 0 Å². The molecule has 0 radical (unpaired) electrons. The number of para-hydroxylation sites is 2. The van der Waals surface area contributed by atoms with Gasteiger partial charge < -0.3 is 10.1 Å². The molecule has 0 fully saturated rings. The quantitative estimate of drug-likeness (QED) is 0.622. The van der Waals surface area contributed by atoms with Crippen molar-refractivity contribution in [3.63, 3.8) is 0 Å². The first-order valence-electron chi connectivity index (χ1n) is 7.82. The van der Waals surface area contributed by atoms with Crippen LogP contribution in [0, 0.1) is 6.92 Å². The van der Waals surface area contributed by atoms with E-state index < -0.39 is 0 Å². The van der Waals surface area contributed by atoms with Crippen LogP contribution in [0.4, 0.5) is 5.82 Å². The Labute approximate surface area is 139 Å². The third-order valence-electron chi connectivity index (χ3n) is 4.27. The molecule has 0 aliphatic carbocycles. The molecule has 0 aliphatic heterocycles. The van der Waals surface area contributed by atoms with Crippen molar-refractivity contribution in [3.8, 4) is 17.0 Å². The Kier molecular flexibility index (Phi) is 3.34. The zero-order valence-corrected chi connectivity index (χ0v) is 13.9. The second-order valence-electron chi connectivity index (χ2n) is 5.69. The maximum atomic E-state index is 5.47. The molecule has 5 heteroatoms. The van der Waals surface area contributed by atoms with E-state index in [4.69, 9.17) is 4.74 Å². The first-order valence-corrected chi connectivity index (χ1v) is 7.82. The van der Waals surface area contributed by atoms with Crippen LogP contribution in [0.5, 0.6) is 5.75 Å². The van der Waals surface area contributed by atoms with Crippen LogP contribution < -0.4 is 10.1 Å². The van der Waals surface area contributed by atoms with Gasteiger partial charge in [-0.3, -0.25) is 4.40 Å². The highest BCUT2D eigenvalue weighted by molar-refractivity contribution is 5.86. The van der Waals surface area contributed by atoms with Gasteiger partial charge in [-0.05, 0) is 30.7 Å². The molecule has 0 saturated carbocycles. The Morgan fingerprint density at radius 3 is 2.75 bits per heavy atom. The molecular weight excluding hydrogens is 300 g/mol. The molecule has 0 atom stereocenters. The normalized spacial score (nSPS) is 11.1. The lowest BCUT2D eigenvalue weighted by atomic mass is 10.1. The second-order valence-corrected chi connectivity index (χ2v) is 5.69. The number of aromatic nitrogens is 3. The standard InChI is InChI=1S/C19H18N4O/c1-12-8-9-13(10-17(12)24-3)16-11-21-19-18(20-2)22-14-6-4-5-7-15(14)23(16)19/h4-11H,1-3H3,(H,20,22). The predicted octanol–water partition coefficient (Wildman–Crippen LogP) is 3.91. The van der Waals surface area contributed by atoms with Crippen molar-refractivity contribution in [1.82, 2.24) is 14.4 Å². The van der Waals surface area contributed by atoms with Gasteiger partial charge in [0.1, 0.15) is 5.75 Å². The highest BCUT2D eigenvalue weighted by atomic mass is 16.5. The molecule has 0 aliphatic rings. The molecule has 0 bridgehead atoms. The minimum absolute atomic E-state index is 0.763. The van der Waals surface area contributed by atoms with E-state index in [1.54, 1.807) is 7.11 Å². The fourth-order valence-corrected chi connectivity index (χ4v) is 3.03. The largest absolute Gasteiger partial charge is 0.496 e. The minimum Gasteiger partial charge on any atom is -0.496 e. The number of ether oxygens (including phenoxy) is 1. The summed E-state index contributed by atoms with van der Waals surface area (Å²) in [6.45, 7) is 2.04. The number of fused-ring (bicyclic) bond motifs is 3. The lowest BCUT2D eigenvalue weighted by Gasteiger charge is -2.11. The predicted molar refractivity (Wildman–Crippen MR) is 96.8 cm³/mol. The smallest absolute Gasteiger partial charge is 0.181 e. The highest BCUT2D eigenvalue weighted by Crippen LogP contribution is 2.31. The topological polar surface area (TPSA) is 51.5 Å². The average Bonchev–Trinajstić information content (AvgIpc) is 3.07. The summed E-state index contributed by atoms with van der Waals surface area (Å²) >= 11 is 0. The van der Waals surface area contributed by atoms with Crippen LogP contribution in [0.1, 0.15) is 5.56 Å². The van der Waals surface area contributed by atoms with Gasteiger partial charge in [-0.2, -0.15) is 0 Å². The van der Waals surface area contributed by atoms with Crippen molar-refractivity contribution in [1.29, 1.82) is 0 Å². The monoisotopic (exact) mass is 318 g/mol. The summed E-state index contributed by atoms with van der Waals surface area (Å²) < 4.78 is 7.61. The van der Waals surface area contributed by atoms with Crippen LogP contribution >= 0.6 is 0 Å². The van der Waals surface area contributed by atoms with Crippen molar-refractivity contribution >= 4 is 22.5 Å². The Morgan fingerprint density at radius 1 is 1.12 bits per heavy atom. The number of aryl methyl sites for hydroxylation is 1. The lowest BCUT2D eigenvalue weighted by molar-refractivity contribution is 0.412. The fraction of sp³-hybridized carbons (Fsp3) is 0.158. The Morgan fingerprint density at radius 2 is 1.96 bits per heavy atom. The summed E-state index contributed by atoms with van der Waals surface area (Å²) in [4.78, 5) is 9.25. The molecule has 0 spiro atoms. The van der Waals surface area contributed by atoms with Gasteiger partial charge >= 0.3 is 0 Å². The van der Waals surface area contributed by atoms with Crippen LogP contribution in [0.15, 0.2) is 48.7 Å². The van der Waals surface area contributed by atoms with Crippen molar-refractivity contribution in [2.75, 3.05) is 19.5 Å². The highest BCUT2D eigenvalue weighted by Gasteiger charge is 2.14. The van der Waals surface area contributed by atoms with Gasteiger partial charge in [0.2, 0.25) is 0 Å². The van der Waals surface area contributed by atoms with Crippen molar-refractivity contribution in [3.05, 3.63) is 54.2 Å². The van der Waals surface area contributed by atoms with Crippen LogP contribution in [-0.2, 0) is 0 Å². The van der Waals surface area contributed by atoms with E-state index in [0.717, 1.165) is 45.1 Å². The van der Waals surface area contributed by atoms with E-state index in [1.165, 1.54) is 0 Å². The van der Waals surface area contributed by atoms with Gasteiger partial charge in [0.05, 0.1) is 30.0 Å². The number of nitrogens with zero attached hydrogens (tertiary/aromatic N) is 3. The molecule has 2 aromatic heterocycles. The maximum Gasteiger partial charge on any atom is 0.181 e. The summed E-state index contributed by atoms with van der Waals surface area (Å²) in [5.74, 6) is 1.63. The maximum absolute atomic E-state index is 5.47. The summed E-state index contributed by atoms with van der Waals surface area (Å²) in [6.07, 6.45) is 1.88. The summed E-state index contributed by atoms with van der Waals surface area (Å²) in [5, 5.41) is 3.14. The molecule has 1 N–H and O–H groups in total. The molecular formula is C19H18N4O. The van der Waals surface area contributed by atoms with Crippen molar-refractivity contribution in [2.45, 2.75) is 6.92 Å². The molecule has 120 valence electrons. The van der Waals surface area contributed by atoms with Gasteiger partial charge in [-0.15, -0.1) is 0 Å². The lowest BCUT2D eigenvalue weighted by Crippen LogP contribution is -2.00. The molecule has 2 aromatic carbocycles. The molecule has 4 rings (SSSR count). The molecule has 0 amide bonds. The second kappa shape index (κ2) is 5.53. The third kappa shape index (κ3) is 2.09. The summed E-state index contributed by atoms with van der Waals surface area (Å²) in [7, 11) is 3.55. The van der Waals surface area contributed by atoms with Crippen molar-refractivity contribution in [2.24, 2.45) is 0 Å². The number of rotatable bonds is 3. The Balaban J connectivity index is 2.08. The molecule has 2 heterocycles. The molecule has 0 saturated heterocycles. The van der Waals surface area contributed by atoms with Gasteiger partial charge in [-0.1, -0.05) is 24.3 Å². The van der Waals surface area contributed by atoms with E-state index in [9.17, 15) is 0 Å². The first-order chi connectivity index (χ1) is 11.7. The van der Waals surface area contributed by atoms with E-state index in [1.807, 2.05) is 44.4 Å². The number of nitrogens with one attached hydrogen (secondary N) is 1. The van der Waals surface area contributed by atoms with Crippen LogP contribution in [0.3, 0.4) is 0 Å². The zero-order chi connectivity index (χ0) is 16.7. The van der Waals surface area contributed by atoms with Gasteiger partial charge in [0.25, 0.3) is 0 Å². The zero-order valence-electron chi connectivity index (χ0n) is 13.9. The first kappa shape index (κ1) is 14.5. The SMILES string of the molecule is CNc1nc2ccccc2n2c(-c3ccc(C)c(OC)c3)cnc12. The van der Waals surface area contributed by atoms with Gasteiger partial charge in [0.15, 0.2) is 11.5 Å². The molecule has 0 unspecified atom stereocenters. The molecule has 24 heavy (non-hydrogen) atoms. The summed E-state index contributed by atoms with van der Waals surface area (Å²) in [5.41, 5.74) is 5.94. The molecule has 4 aromatic rings. The van der Waals surface area contributed by atoms with E-state index in [-0.39, 0.29) is 0 Å². The van der Waals surface area contributed by atoms with Crippen LogP contribution in [0.25, 0.3) is 27.9 Å². The third-order valence-corrected chi connectivity index (χ3v) is 4.27. The number of imidazole rings is 1.